The molecule has 0 saturated carbocycles. The molecule has 2 fully saturated rings. The highest BCUT2D eigenvalue weighted by Crippen LogP contribution is 2.34. The Bertz CT molecular complexity index is 239. The van der Waals surface area contributed by atoms with E-state index < -0.39 is 0 Å². The van der Waals surface area contributed by atoms with Gasteiger partial charge in [-0.15, -0.1) is 0 Å². The maximum atomic E-state index is 11.5. The summed E-state index contributed by atoms with van der Waals surface area (Å²) in [5.74, 6) is 0.216. The van der Waals surface area contributed by atoms with E-state index in [0.717, 1.165) is 26.2 Å². The van der Waals surface area contributed by atoms with E-state index in [4.69, 9.17) is 0 Å². The van der Waals surface area contributed by atoms with Gasteiger partial charge in [-0.05, 0) is 7.05 Å². The minimum Gasteiger partial charge on any atom is -0.295 e. The Labute approximate surface area is 72.8 Å². The third kappa shape index (κ3) is 0.934. The molecule has 0 radical (unpaired) electrons. The predicted octanol–water partition coefficient (Wildman–Crippen LogP) is -0.157. The summed E-state index contributed by atoms with van der Waals surface area (Å²) in [5.41, 5.74) is 0. The summed E-state index contributed by atoms with van der Waals surface area (Å²) in [6.07, 6.45) is 1.48. The molecular weight excluding hydrogens is 152 g/mol. The Hall–Kier alpha value is -0.670. The maximum absolute atomic E-state index is 11.5. The highest BCUT2D eigenvalue weighted by Gasteiger charge is 2.61. The zero-order chi connectivity index (χ0) is 8.77. The van der Waals surface area contributed by atoms with Crippen LogP contribution in [0.15, 0.2) is 12.7 Å². The van der Waals surface area contributed by atoms with Crippen molar-refractivity contribution >= 4 is 5.91 Å². The van der Waals surface area contributed by atoms with Gasteiger partial charge in [0.25, 0.3) is 0 Å². The second kappa shape index (κ2) is 2.41. The zero-order valence-electron chi connectivity index (χ0n) is 7.49. The number of hydrogen-bond donors (Lipinski definition) is 0. The number of rotatable bonds is 1. The molecule has 66 valence electrons. The van der Waals surface area contributed by atoms with Crippen LogP contribution in [0.1, 0.15) is 0 Å². The summed E-state index contributed by atoms with van der Waals surface area (Å²) in [5, 5.41) is 0. The fourth-order valence-corrected chi connectivity index (χ4v) is 2.18. The first-order valence-electron chi connectivity index (χ1n) is 4.41. The highest BCUT2D eigenvalue weighted by molar-refractivity contribution is 5.82. The standard InChI is InChI=1S/C9H15N2O/c1-3-9(12)11-5-4-10(2)6-8(11)7-11/h3,8H,1,4-7H2,2H3/q+1. The van der Waals surface area contributed by atoms with Gasteiger partial charge in [0.2, 0.25) is 0 Å². The zero-order valence-corrected chi connectivity index (χ0v) is 7.49. The quantitative estimate of drug-likeness (QED) is 0.307. The fraction of sp³-hybridized carbons (Fsp3) is 0.667. The van der Waals surface area contributed by atoms with Crippen LogP contribution in [0, 0.1) is 0 Å². The number of likely N-dealkylation sites (N-methyl/N-ethyl adjacent to an activating group) is 1. The number of fused-ring (bicyclic) bond motifs is 1. The molecule has 2 saturated heterocycles. The number of piperazine rings is 1. The lowest BCUT2D eigenvalue weighted by Gasteiger charge is -2.26. The van der Waals surface area contributed by atoms with Crippen LogP contribution in [0.3, 0.4) is 0 Å². The molecule has 3 heteroatoms. The maximum Gasteiger partial charge on any atom is 0.338 e. The van der Waals surface area contributed by atoms with Crippen LogP contribution in [0.4, 0.5) is 0 Å². The minimum absolute atomic E-state index is 0.216. The molecule has 0 aromatic carbocycles. The molecule has 2 aliphatic rings. The molecule has 0 N–H and O–H groups in total. The second-order valence-electron chi connectivity index (χ2n) is 3.90. The fourth-order valence-electron chi connectivity index (χ4n) is 2.18. The molecule has 0 spiro atoms. The summed E-state index contributed by atoms with van der Waals surface area (Å²) in [4.78, 5) is 13.8. The molecule has 2 aliphatic heterocycles. The molecule has 0 bridgehead atoms. The molecule has 0 aromatic rings. The van der Waals surface area contributed by atoms with Crippen molar-refractivity contribution in [1.82, 2.24) is 4.90 Å². The van der Waals surface area contributed by atoms with Crippen LogP contribution in [0.25, 0.3) is 0 Å². The Morgan fingerprint density at radius 2 is 2.50 bits per heavy atom. The van der Waals surface area contributed by atoms with Crippen molar-refractivity contribution in [2.45, 2.75) is 6.04 Å². The molecule has 0 aliphatic carbocycles. The van der Waals surface area contributed by atoms with E-state index in [-0.39, 0.29) is 5.91 Å². The van der Waals surface area contributed by atoms with Crippen molar-refractivity contribution in [3.05, 3.63) is 12.7 Å². The van der Waals surface area contributed by atoms with Gasteiger partial charge < -0.3 is 0 Å². The summed E-state index contributed by atoms with van der Waals surface area (Å²) >= 11 is 0. The van der Waals surface area contributed by atoms with E-state index in [2.05, 4.69) is 18.5 Å². The first-order chi connectivity index (χ1) is 5.69. The first kappa shape index (κ1) is 7.95. The average molecular weight is 167 g/mol. The first-order valence-corrected chi connectivity index (χ1v) is 4.41. The number of carbonyl (C=O) groups excluding carboxylic acids is 1. The summed E-state index contributed by atoms with van der Waals surface area (Å²) in [6, 6.07) is 0.564. The van der Waals surface area contributed by atoms with Crippen LogP contribution in [0.5, 0.6) is 0 Å². The van der Waals surface area contributed by atoms with Crippen molar-refractivity contribution in [3.63, 3.8) is 0 Å². The van der Waals surface area contributed by atoms with Crippen LogP contribution in [-0.4, -0.2) is 54.6 Å². The van der Waals surface area contributed by atoms with E-state index >= 15 is 0 Å². The molecular formula is C9H15N2O+. The van der Waals surface area contributed by atoms with Crippen molar-refractivity contribution < 1.29 is 9.28 Å². The van der Waals surface area contributed by atoms with Gasteiger partial charge in [-0.2, -0.15) is 0 Å². The van der Waals surface area contributed by atoms with Crippen LogP contribution in [-0.2, 0) is 4.79 Å². The minimum atomic E-state index is 0.216. The van der Waals surface area contributed by atoms with E-state index in [0.29, 0.717) is 10.5 Å². The molecule has 2 unspecified atom stereocenters. The molecule has 2 heterocycles. The second-order valence-corrected chi connectivity index (χ2v) is 3.90. The number of quaternary nitrogens is 1. The lowest BCUT2D eigenvalue weighted by molar-refractivity contribution is -0.736. The van der Waals surface area contributed by atoms with Crippen molar-refractivity contribution in [1.29, 1.82) is 0 Å². The number of hydrogen-bond acceptors (Lipinski definition) is 2. The Balaban J connectivity index is 2.09. The molecule has 1 amide bonds. The van der Waals surface area contributed by atoms with Crippen molar-refractivity contribution in [3.8, 4) is 0 Å². The van der Waals surface area contributed by atoms with E-state index in [1.807, 2.05) is 0 Å². The van der Waals surface area contributed by atoms with Gasteiger partial charge in [0, 0.05) is 12.6 Å². The lowest BCUT2D eigenvalue weighted by atomic mass is 10.3. The summed E-state index contributed by atoms with van der Waals surface area (Å²) < 4.78 is 0.688. The molecule has 0 aromatic heterocycles. The van der Waals surface area contributed by atoms with Gasteiger partial charge in [-0.3, -0.25) is 4.90 Å². The summed E-state index contributed by atoms with van der Waals surface area (Å²) in [7, 11) is 2.12. The Morgan fingerprint density at radius 3 is 3.08 bits per heavy atom. The van der Waals surface area contributed by atoms with E-state index in [1.165, 1.54) is 6.08 Å². The van der Waals surface area contributed by atoms with Gasteiger partial charge in [0.15, 0.2) is 6.04 Å². The van der Waals surface area contributed by atoms with Crippen LogP contribution in [0.2, 0.25) is 0 Å². The molecule has 2 atom stereocenters. The van der Waals surface area contributed by atoms with Crippen LogP contribution < -0.4 is 0 Å². The molecule has 12 heavy (non-hydrogen) atoms. The van der Waals surface area contributed by atoms with Gasteiger partial charge in [-0.25, -0.2) is 9.28 Å². The van der Waals surface area contributed by atoms with Gasteiger partial charge in [-0.1, -0.05) is 6.58 Å². The Morgan fingerprint density at radius 1 is 1.75 bits per heavy atom. The van der Waals surface area contributed by atoms with Gasteiger partial charge in [0.05, 0.1) is 13.1 Å². The normalized spacial score (nSPS) is 40.2. The predicted molar refractivity (Wildman–Crippen MR) is 46.5 cm³/mol. The number of carbonyl (C=O) groups is 1. The van der Waals surface area contributed by atoms with E-state index in [9.17, 15) is 4.79 Å². The largest absolute Gasteiger partial charge is 0.338 e. The smallest absolute Gasteiger partial charge is 0.295 e. The topological polar surface area (TPSA) is 20.3 Å². The number of nitrogens with zero attached hydrogens (tertiary/aromatic N) is 2. The van der Waals surface area contributed by atoms with Gasteiger partial charge >= 0.3 is 5.91 Å². The molecule has 3 nitrogen and oxygen atoms in total. The average Bonchev–Trinajstić information content (AvgIpc) is 2.78. The van der Waals surface area contributed by atoms with Crippen molar-refractivity contribution in [2.24, 2.45) is 0 Å². The monoisotopic (exact) mass is 167 g/mol. The van der Waals surface area contributed by atoms with E-state index in [1.54, 1.807) is 0 Å². The lowest BCUT2D eigenvalue weighted by Crippen LogP contribution is -2.48. The van der Waals surface area contributed by atoms with Crippen molar-refractivity contribution in [2.75, 3.05) is 33.2 Å². The number of amides is 1. The highest BCUT2D eigenvalue weighted by atomic mass is 16.2. The summed E-state index contributed by atoms with van der Waals surface area (Å²) in [6.45, 7) is 7.67. The Kier molecular flexibility index (Phi) is 1.59. The SMILES string of the molecule is C=CC(=O)[N+]12CCN(C)CC1C2. The van der Waals surface area contributed by atoms with Gasteiger partial charge in [0.1, 0.15) is 6.54 Å². The molecule has 2 rings (SSSR count). The third-order valence-electron chi connectivity index (χ3n) is 3.12. The van der Waals surface area contributed by atoms with Crippen LogP contribution >= 0.6 is 0 Å². The third-order valence-corrected chi connectivity index (χ3v) is 3.12.